The number of fused-ring (bicyclic) bond motifs is 1. The molecule has 56 valence electrons. The summed E-state index contributed by atoms with van der Waals surface area (Å²) in [6.07, 6.45) is 9.60. The predicted octanol–water partition coefficient (Wildman–Crippen LogP) is 1.16. The van der Waals surface area contributed by atoms with Crippen LogP contribution in [0.5, 0.6) is 0 Å². The van der Waals surface area contributed by atoms with E-state index in [0.717, 1.165) is 5.96 Å². The molecule has 2 aliphatic heterocycles. The van der Waals surface area contributed by atoms with Gasteiger partial charge in [-0.15, -0.1) is 0 Å². The van der Waals surface area contributed by atoms with Crippen LogP contribution in [-0.2, 0) is 0 Å². The lowest BCUT2D eigenvalue weighted by Gasteiger charge is -2.21. The number of guanidine groups is 1. The molecule has 11 heavy (non-hydrogen) atoms. The second-order valence-electron chi connectivity index (χ2n) is 2.54. The minimum absolute atomic E-state index is 0.255. The Hall–Kier alpha value is -1.38. The van der Waals surface area contributed by atoms with Crippen LogP contribution in [0.1, 0.15) is 6.92 Å². The van der Waals surface area contributed by atoms with Crippen LogP contribution in [0.25, 0.3) is 0 Å². The Bertz CT molecular complexity index is 273. The van der Waals surface area contributed by atoms with Gasteiger partial charge in [-0.1, -0.05) is 0 Å². The standard InChI is InChI=1S/C8H9N3/c1-7-3-6-11-5-2-4-9-8(11)10-7/h2-7H,1H3. The highest BCUT2D eigenvalue weighted by molar-refractivity contribution is 5.95. The summed E-state index contributed by atoms with van der Waals surface area (Å²) in [5.74, 6) is 0.780. The van der Waals surface area contributed by atoms with Gasteiger partial charge in [-0.25, -0.2) is 9.98 Å². The van der Waals surface area contributed by atoms with Crippen LogP contribution in [0.15, 0.2) is 34.5 Å². The fourth-order valence-corrected chi connectivity index (χ4v) is 1.03. The van der Waals surface area contributed by atoms with Crippen LogP contribution in [0, 0.1) is 0 Å². The van der Waals surface area contributed by atoms with Crippen LogP contribution >= 0.6 is 0 Å². The molecule has 0 spiro atoms. The molecule has 0 amide bonds. The molecule has 0 saturated carbocycles. The summed E-state index contributed by atoms with van der Waals surface area (Å²) in [7, 11) is 0. The first-order valence-electron chi connectivity index (χ1n) is 3.61. The summed E-state index contributed by atoms with van der Waals surface area (Å²) < 4.78 is 0. The van der Waals surface area contributed by atoms with E-state index in [1.54, 1.807) is 6.21 Å². The van der Waals surface area contributed by atoms with Gasteiger partial charge < -0.3 is 0 Å². The van der Waals surface area contributed by atoms with Crippen molar-refractivity contribution in [2.45, 2.75) is 13.0 Å². The third-order valence-electron chi connectivity index (χ3n) is 1.60. The largest absolute Gasteiger partial charge is 0.293 e. The van der Waals surface area contributed by atoms with Gasteiger partial charge in [-0.3, -0.25) is 4.90 Å². The van der Waals surface area contributed by atoms with Crippen molar-refractivity contribution in [1.29, 1.82) is 0 Å². The molecule has 0 aromatic rings. The molecule has 3 nitrogen and oxygen atoms in total. The Labute approximate surface area is 65.5 Å². The van der Waals surface area contributed by atoms with Gasteiger partial charge in [0.15, 0.2) is 0 Å². The second kappa shape index (κ2) is 2.34. The van der Waals surface area contributed by atoms with E-state index in [1.807, 2.05) is 36.4 Å². The average Bonchev–Trinajstić information content (AvgIpc) is 2.04. The quantitative estimate of drug-likeness (QED) is 0.505. The summed E-state index contributed by atoms with van der Waals surface area (Å²) in [5.41, 5.74) is 0. The smallest absolute Gasteiger partial charge is 0.229 e. The summed E-state index contributed by atoms with van der Waals surface area (Å²) in [5, 5.41) is 0. The molecule has 0 fully saturated rings. The maximum Gasteiger partial charge on any atom is 0.229 e. The first kappa shape index (κ1) is 6.34. The van der Waals surface area contributed by atoms with Crippen molar-refractivity contribution in [3.05, 3.63) is 24.6 Å². The Morgan fingerprint density at radius 3 is 3.27 bits per heavy atom. The van der Waals surface area contributed by atoms with Crippen LogP contribution in [0.4, 0.5) is 0 Å². The van der Waals surface area contributed by atoms with Gasteiger partial charge in [0.1, 0.15) is 0 Å². The summed E-state index contributed by atoms with van der Waals surface area (Å²) in [6.45, 7) is 2.04. The monoisotopic (exact) mass is 147 g/mol. The minimum Gasteiger partial charge on any atom is -0.293 e. The molecule has 0 radical (unpaired) electrons. The maximum absolute atomic E-state index is 4.31. The van der Waals surface area contributed by atoms with Crippen molar-refractivity contribution in [3.8, 4) is 0 Å². The van der Waals surface area contributed by atoms with E-state index in [1.165, 1.54) is 0 Å². The van der Waals surface area contributed by atoms with Gasteiger partial charge >= 0.3 is 0 Å². The molecule has 2 aliphatic rings. The van der Waals surface area contributed by atoms with Crippen molar-refractivity contribution in [3.63, 3.8) is 0 Å². The predicted molar refractivity (Wildman–Crippen MR) is 45.5 cm³/mol. The lowest BCUT2D eigenvalue weighted by molar-refractivity contribution is 0.689. The van der Waals surface area contributed by atoms with Crippen molar-refractivity contribution in [2.75, 3.05) is 0 Å². The van der Waals surface area contributed by atoms with Crippen LogP contribution in [0.3, 0.4) is 0 Å². The highest BCUT2D eigenvalue weighted by Crippen LogP contribution is 2.09. The maximum atomic E-state index is 4.31. The molecule has 0 saturated heterocycles. The van der Waals surface area contributed by atoms with Crippen LogP contribution in [0.2, 0.25) is 0 Å². The van der Waals surface area contributed by atoms with Crippen molar-refractivity contribution < 1.29 is 0 Å². The number of hydrogen-bond donors (Lipinski definition) is 0. The third-order valence-corrected chi connectivity index (χ3v) is 1.60. The Balaban J connectivity index is 2.31. The molecule has 0 aromatic carbocycles. The zero-order valence-corrected chi connectivity index (χ0v) is 6.31. The Morgan fingerprint density at radius 1 is 1.45 bits per heavy atom. The van der Waals surface area contributed by atoms with E-state index in [4.69, 9.17) is 0 Å². The molecular weight excluding hydrogens is 138 g/mol. The van der Waals surface area contributed by atoms with E-state index in [-0.39, 0.29) is 6.04 Å². The SMILES string of the molecule is CC1C=CN2C=CC=NC2=N1. The van der Waals surface area contributed by atoms with Crippen molar-refractivity contribution in [2.24, 2.45) is 9.98 Å². The summed E-state index contributed by atoms with van der Waals surface area (Å²) >= 11 is 0. The fourth-order valence-electron chi connectivity index (χ4n) is 1.03. The molecule has 1 unspecified atom stereocenters. The zero-order valence-electron chi connectivity index (χ0n) is 6.31. The highest BCUT2D eigenvalue weighted by Gasteiger charge is 2.11. The molecule has 0 aliphatic carbocycles. The van der Waals surface area contributed by atoms with Gasteiger partial charge in [0, 0.05) is 18.6 Å². The molecule has 2 heterocycles. The second-order valence-corrected chi connectivity index (χ2v) is 2.54. The summed E-state index contributed by atoms with van der Waals surface area (Å²) in [4.78, 5) is 10.3. The van der Waals surface area contributed by atoms with E-state index >= 15 is 0 Å². The minimum atomic E-state index is 0.255. The van der Waals surface area contributed by atoms with Crippen LogP contribution in [-0.4, -0.2) is 23.1 Å². The van der Waals surface area contributed by atoms with Gasteiger partial charge in [-0.2, -0.15) is 0 Å². The Kier molecular flexibility index (Phi) is 1.35. The molecule has 0 bridgehead atoms. The van der Waals surface area contributed by atoms with Crippen molar-refractivity contribution >= 4 is 12.2 Å². The number of allylic oxidation sites excluding steroid dienone is 1. The number of hydrogen-bond acceptors (Lipinski definition) is 3. The molecule has 0 aromatic heterocycles. The van der Waals surface area contributed by atoms with Crippen molar-refractivity contribution in [1.82, 2.24) is 4.90 Å². The lowest BCUT2D eigenvalue weighted by atomic mass is 10.3. The number of rotatable bonds is 0. The lowest BCUT2D eigenvalue weighted by Crippen LogP contribution is -2.25. The van der Waals surface area contributed by atoms with E-state index in [9.17, 15) is 0 Å². The number of aliphatic imine (C=N–C) groups is 2. The molecule has 0 N–H and O–H groups in total. The van der Waals surface area contributed by atoms with E-state index in [2.05, 4.69) is 9.98 Å². The normalized spacial score (nSPS) is 26.8. The van der Waals surface area contributed by atoms with Gasteiger partial charge in [0.25, 0.3) is 0 Å². The molecule has 2 rings (SSSR count). The topological polar surface area (TPSA) is 28.0 Å². The third kappa shape index (κ3) is 1.09. The molecular formula is C8H9N3. The molecule has 1 atom stereocenters. The number of nitrogens with zero attached hydrogens (tertiary/aromatic N) is 3. The average molecular weight is 147 g/mol. The highest BCUT2D eigenvalue weighted by atomic mass is 15.3. The molecule has 3 heteroatoms. The van der Waals surface area contributed by atoms with E-state index < -0.39 is 0 Å². The van der Waals surface area contributed by atoms with E-state index in [0.29, 0.717) is 0 Å². The fraction of sp³-hybridized carbons (Fsp3) is 0.250. The zero-order chi connectivity index (χ0) is 7.68. The van der Waals surface area contributed by atoms with Gasteiger partial charge in [0.2, 0.25) is 5.96 Å². The Morgan fingerprint density at radius 2 is 2.36 bits per heavy atom. The first-order valence-corrected chi connectivity index (χ1v) is 3.61. The van der Waals surface area contributed by atoms with Gasteiger partial charge in [0.05, 0.1) is 6.04 Å². The van der Waals surface area contributed by atoms with Gasteiger partial charge in [-0.05, 0) is 19.1 Å². The summed E-state index contributed by atoms with van der Waals surface area (Å²) in [6, 6.07) is 0.255. The first-order chi connectivity index (χ1) is 5.36. The van der Waals surface area contributed by atoms with Crippen LogP contribution < -0.4 is 0 Å².